The number of amides is 1. The summed E-state index contributed by atoms with van der Waals surface area (Å²) < 4.78 is 0. The van der Waals surface area contributed by atoms with Gasteiger partial charge in [-0.25, -0.2) is 0 Å². The van der Waals surface area contributed by atoms with Crippen LogP contribution in [0.2, 0.25) is 5.02 Å². The number of fused-ring (bicyclic) bond motifs is 1. The van der Waals surface area contributed by atoms with Crippen LogP contribution in [0, 0.1) is 10.1 Å². The van der Waals surface area contributed by atoms with Crippen LogP contribution in [0.1, 0.15) is 11.1 Å². The molecule has 2 N–H and O–H groups in total. The molecule has 0 saturated carbocycles. The van der Waals surface area contributed by atoms with Crippen LogP contribution < -0.4 is 5.32 Å². The van der Waals surface area contributed by atoms with Crippen molar-refractivity contribution in [2.75, 3.05) is 6.54 Å². The third-order valence-electron chi connectivity index (χ3n) is 3.99. The lowest BCUT2D eigenvalue weighted by molar-refractivity contribution is -0.385. The van der Waals surface area contributed by atoms with Crippen molar-refractivity contribution in [3.8, 4) is 0 Å². The van der Waals surface area contributed by atoms with E-state index in [9.17, 15) is 14.9 Å². The van der Waals surface area contributed by atoms with Gasteiger partial charge in [0.25, 0.3) is 5.69 Å². The monoisotopic (exact) mass is 357 g/mol. The van der Waals surface area contributed by atoms with Crippen molar-refractivity contribution >= 4 is 34.1 Å². The molecule has 3 rings (SSSR count). The molecule has 0 spiro atoms. The zero-order valence-corrected chi connectivity index (χ0v) is 14.0. The molecule has 1 aromatic heterocycles. The Balaban J connectivity index is 1.59. The fraction of sp³-hybridized carbons (Fsp3) is 0.167. The molecule has 1 amide bonds. The summed E-state index contributed by atoms with van der Waals surface area (Å²) in [5.41, 5.74) is 2.42. The quantitative estimate of drug-likeness (QED) is 0.521. The summed E-state index contributed by atoms with van der Waals surface area (Å²) in [6.45, 7) is 0.443. The number of hydrogen-bond acceptors (Lipinski definition) is 3. The number of para-hydroxylation sites is 1. The molecule has 6 nitrogen and oxygen atoms in total. The van der Waals surface area contributed by atoms with Crippen molar-refractivity contribution in [2.24, 2.45) is 0 Å². The van der Waals surface area contributed by atoms with Crippen LogP contribution in [0.5, 0.6) is 0 Å². The number of nitro benzene ring substituents is 1. The van der Waals surface area contributed by atoms with Crippen LogP contribution in [-0.2, 0) is 17.6 Å². The van der Waals surface area contributed by atoms with Gasteiger partial charge >= 0.3 is 0 Å². The van der Waals surface area contributed by atoms with Gasteiger partial charge in [-0.2, -0.15) is 0 Å². The molecule has 0 aliphatic heterocycles. The number of nitrogens with one attached hydrogen (secondary N) is 2. The number of halogens is 1. The van der Waals surface area contributed by atoms with Gasteiger partial charge in [0, 0.05) is 40.3 Å². The highest BCUT2D eigenvalue weighted by molar-refractivity contribution is 6.31. The van der Waals surface area contributed by atoms with Crippen LogP contribution in [0.4, 0.5) is 5.69 Å². The number of nitrogens with zero attached hydrogens (tertiary/aromatic N) is 1. The molecule has 25 heavy (non-hydrogen) atoms. The van der Waals surface area contributed by atoms with Crippen molar-refractivity contribution < 1.29 is 9.72 Å². The molecule has 0 unspecified atom stereocenters. The third-order valence-corrected chi connectivity index (χ3v) is 4.22. The molecule has 2 aromatic carbocycles. The first-order valence-electron chi connectivity index (χ1n) is 7.79. The van der Waals surface area contributed by atoms with Crippen LogP contribution in [0.3, 0.4) is 0 Å². The van der Waals surface area contributed by atoms with Crippen LogP contribution in [0.15, 0.2) is 48.7 Å². The molecular formula is C18H16ClN3O3. The Morgan fingerprint density at radius 2 is 2.00 bits per heavy atom. The smallest absolute Gasteiger partial charge is 0.273 e. The molecule has 0 radical (unpaired) electrons. The highest BCUT2D eigenvalue weighted by atomic mass is 35.5. The van der Waals surface area contributed by atoms with E-state index in [1.54, 1.807) is 18.2 Å². The first-order chi connectivity index (χ1) is 12.0. The SMILES string of the molecule is O=C(Cc1ccccc1[N+](=O)[O-])NCCc1c[nH]c2ccc(Cl)cc12. The van der Waals surface area contributed by atoms with E-state index in [1.165, 1.54) is 6.07 Å². The average Bonchev–Trinajstić information content (AvgIpc) is 2.97. The van der Waals surface area contributed by atoms with E-state index in [2.05, 4.69) is 10.3 Å². The van der Waals surface area contributed by atoms with Gasteiger partial charge in [0.2, 0.25) is 5.91 Å². The molecule has 0 aliphatic rings. The zero-order chi connectivity index (χ0) is 17.8. The maximum absolute atomic E-state index is 12.1. The van der Waals surface area contributed by atoms with E-state index in [1.807, 2.05) is 24.4 Å². The predicted octanol–water partition coefficient (Wildman–Crippen LogP) is 3.63. The van der Waals surface area contributed by atoms with Crippen LogP contribution in [-0.4, -0.2) is 22.4 Å². The Morgan fingerprint density at radius 3 is 2.80 bits per heavy atom. The Kier molecular flexibility index (Phi) is 5.00. The fourth-order valence-electron chi connectivity index (χ4n) is 2.77. The van der Waals surface area contributed by atoms with Crippen molar-refractivity contribution in [1.29, 1.82) is 0 Å². The molecule has 0 fully saturated rings. The number of rotatable bonds is 6. The Morgan fingerprint density at radius 1 is 1.20 bits per heavy atom. The summed E-state index contributed by atoms with van der Waals surface area (Å²) in [4.78, 5) is 25.7. The largest absolute Gasteiger partial charge is 0.361 e. The number of H-pyrrole nitrogens is 1. The van der Waals surface area contributed by atoms with Gasteiger partial charge < -0.3 is 10.3 Å². The minimum atomic E-state index is -0.474. The maximum atomic E-state index is 12.1. The van der Waals surface area contributed by atoms with E-state index in [0.717, 1.165) is 16.5 Å². The summed E-state index contributed by atoms with van der Waals surface area (Å²) in [6, 6.07) is 11.9. The second kappa shape index (κ2) is 7.36. The van der Waals surface area contributed by atoms with Gasteiger partial charge in [0.1, 0.15) is 0 Å². The molecule has 0 aliphatic carbocycles. The molecule has 128 valence electrons. The van der Waals surface area contributed by atoms with Gasteiger partial charge in [-0.1, -0.05) is 29.8 Å². The number of carbonyl (C=O) groups excluding carboxylic acids is 1. The Bertz CT molecular complexity index is 936. The van der Waals surface area contributed by atoms with E-state index < -0.39 is 4.92 Å². The first kappa shape index (κ1) is 17.0. The number of aromatic amines is 1. The number of aromatic nitrogens is 1. The Hall–Kier alpha value is -2.86. The molecule has 7 heteroatoms. The number of benzene rings is 2. The van der Waals surface area contributed by atoms with E-state index in [0.29, 0.717) is 23.6 Å². The average molecular weight is 358 g/mol. The lowest BCUT2D eigenvalue weighted by Gasteiger charge is -2.06. The van der Waals surface area contributed by atoms with Gasteiger partial charge in [-0.05, 0) is 30.2 Å². The standard InChI is InChI=1S/C18H16ClN3O3/c19-14-5-6-16-15(10-14)13(11-21-16)7-8-20-18(23)9-12-3-1-2-4-17(12)22(24)25/h1-6,10-11,21H,7-9H2,(H,20,23). The molecule has 3 aromatic rings. The molecule has 0 atom stereocenters. The Labute approximate surface area is 149 Å². The second-order valence-electron chi connectivity index (χ2n) is 5.67. The fourth-order valence-corrected chi connectivity index (χ4v) is 2.94. The highest BCUT2D eigenvalue weighted by Gasteiger charge is 2.15. The highest BCUT2D eigenvalue weighted by Crippen LogP contribution is 2.22. The molecule has 0 saturated heterocycles. The molecule has 1 heterocycles. The van der Waals surface area contributed by atoms with Gasteiger partial charge in [0.15, 0.2) is 0 Å². The summed E-state index contributed by atoms with van der Waals surface area (Å²) in [7, 11) is 0. The molecular weight excluding hydrogens is 342 g/mol. The van der Waals surface area contributed by atoms with E-state index >= 15 is 0 Å². The number of nitro groups is 1. The van der Waals surface area contributed by atoms with Crippen molar-refractivity contribution in [2.45, 2.75) is 12.8 Å². The lowest BCUT2D eigenvalue weighted by atomic mass is 10.1. The predicted molar refractivity (Wildman–Crippen MR) is 96.8 cm³/mol. The van der Waals surface area contributed by atoms with E-state index in [-0.39, 0.29) is 18.0 Å². The number of hydrogen-bond donors (Lipinski definition) is 2. The van der Waals surface area contributed by atoms with Gasteiger partial charge in [-0.3, -0.25) is 14.9 Å². The van der Waals surface area contributed by atoms with Crippen LogP contribution >= 0.6 is 11.6 Å². The van der Waals surface area contributed by atoms with Gasteiger partial charge in [-0.15, -0.1) is 0 Å². The van der Waals surface area contributed by atoms with Crippen molar-refractivity contribution in [3.63, 3.8) is 0 Å². The van der Waals surface area contributed by atoms with Crippen molar-refractivity contribution in [3.05, 3.63) is 74.9 Å². The second-order valence-corrected chi connectivity index (χ2v) is 6.10. The first-order valence-corrected chi connectivity index (χ1v) is 8.17. The lowest BCUT2D eigenvalue weighted by Crippen LogP contribution is -2.27. The summed E-state index contributed by atoms with van der Waals surface area (Å²) in [5, 5.41) is 15.5. The maximum Gasteiger partial charge on any atom is 0.273 e. The van der Waals surface area contributed by atoms with Crippen molar-refractivity contribution in [1.82, 2.24) is 10.3 Å². The minimum Gasteiger partial charge on any atom is -0.361 e. The van der Waals surface area contributed by atoms with Gasteiger partial charge in [0.05, 0.1) is 11.3 Å². The van der Waals surface area contributed by atoms with Crippen LogP contribution in [0.25, 0.3) is 10.9 Å². The summed E-state index contributed by atoms with van der Waals surface area (Å²) >= 11 is 6.02. The third kappa shape index (κ3) is 3.97. The topological polar surface area (TPSA) is 88.0 Å². The molecule has 0 bridgehead atoms. The summed E-state index contributed by atoms with van der Waals surface area (Å²) in [5.74, 6) is -0.243. The van der Waals surface area contributed by atoms with E-state index in [4.69, 9.17) is 11.6 Å². The normalized spacial score (nSPS) is 10.8. The minimum absolute atomic E-state index is 0.0170. The zero-order valence-electron chi connectivity index (χ0n) is 13.3. The summed E-state index contributed by atoms with van der Waals surface area (Å²) in [6.07, 6.45) is 2.52. The number of carbonyl (C=O) groups is 1.